The predicted octanol–water partition coefficient (Wildman–Crippen LogP) is 1.15. The third-order valence-corrected chi connectivity index (χ3v) is 4.03. The molecule has 3 heteroatoms. The van der Waals surface area contributed by atoms with Crippen molar-refractivity contribution in [2.45, 2.75) is 45.2 Å². The van der Waals surface area contributed by atoms with Crippen molar-refractivity contribution >= 4 is 0 Å². The van der Waals surface area contributed by atoms with Crippen LogP contribution in [0.2, 0.25) is 0 Å². The molecule has 0 spiro atoms. The molecule has 2 saturated heterocycles. The second-order valence-corrected chi connectivity index (χ2v) is 5.58. The number of nitrogens with one attached hydrogen (secondary N) is 1. The van der Waals surface area contributed by atoms with E-state index >= 15 is 0 Å². The van der Waals surface area contributed by atoms with Gasteiger partial charge in [0.2, 0.25) is 0 Å². The van der Waals surface area contributed by atoms with Gasteiger partial charge in [0.25, 0.3) is 0 Å². The van der Waals surface area contributed by atoms with Crippen molar-refractivity contribution in [2.75, 3.05) is 39.3 Å². The molecule has 0 aromatic rings. The fourth-order valence-corrected chi connectivity index (χ4v) is 2.85. The molecule has 3 nitrogen and oxygen atoms in total. The van der Waals surface area contributed by atoms with Crippen LogP contribution < -0.4 is 5.32 Å². The molecule has 2 rings (SSSR count). The minimum Gasteiger partial charge on any atom is -0.313 e. The zero-order chi connectivity index (χ0) is 11.4. The van der Waals surface area contributed by atoms with E-state index in [1.165, 1.54) is 58.5 Å². The number of nitrogens with zero attached hydrogens (tertiary/aromatic N) is 2. The van der Waals surface area contributed by atoms with Crippen molar-refractivity contribution in [2.24, 2.45) is 0 Å². The van der Waals surface area contributed by atoms with Gasteiger partial charge in [0.15, 0.2) is 0 Å². The number of piperazine rings is 1. The molecule has 0 saturated carbocycles. The number of rotatable bonds is 3. The summed E-state index contributed by atoms with van der Waals surface area (Å²) in [5.41, 5.74) is 0. The van der Waals surface area contributed by atoms with Crippen LogP contribution in [0.1, 0.15) is 33.1 Å². The number of hydrogen-bond donors (Lipinski definition) is 1. The van der Waals surface area contributed by atoms with E-state index in [4.69, 9.17) is 0 Å². The van der Waals surface area contributed by atoms with Crippen LogP contribution in [0.25, 0.3) is 0 Å². The molecule has 1 N–H and O–H groups in total. The standard InChI is InChI=1S/C13H27N3/c1-12(2)16-9-7-15(8-10-16)11-13-5-3-4-6-14-13/h12-14H,3-11H2,1-2H3/t13-/m1/s1. The van der Waals surface area contributed by atoms with E-state index in [9.17, 15) is 0 Å². The van der Waals surface area contributed by atoms with Gasteiger partial charge in [-0.1, -0.05) is 6.42 Å². The van der Waals surface area contributed by atoms with Crippen molar-refractivity contribution in [1.82, 2.24) is 15.1 Å². The fraction of sp³-hybridized carbons (Fsp3) is 1.00. The zero-order valence-electron chi connectivity index (χ0n) is 10.9. The minimum absolute atomic E-state index is 0.718. The van der Waals surface area contributed by atoms with Crippen LogP contribution in [0.3, 0.4) is 0 Å². The molecule has 0 aromatic carbocycles. The highest BCUT2D eigenvalue weighted by Gasteiger charge is 2.21. The molecule has 2 aliphatic rings. The average molecular weight is 225 g/mol. The summed E-state index contributed by atoms with van der Waals surface area (Å²) in [5.74, 6) is 0. The SMILES string of the molecule is CC(C)N1CCN(C[C@H]2CCCCN2)CC1. The molecule has 16 heavy (non-hydrogen) atoms. The Labute approximate surface area is 100 Å². The Bertz CT molecular complexity index is 191. The van der Waals surface area contributed by atoms with Crippen molar-refractivity contribution in [3.63, 3.8) is 0 Å². The van der Waals surface area contributed by atoms with Gasteiger partial charge in [-0.2, -0.15) is 0 Å². The normalized spacial score (nSPS) is 29.8. The van der Waals surface area contributed by atoms with Gasteiger partial charge in [-0.3, -0.25) is 9.80 Å². The zero-order valence-corrected chi connectivity index (χ0v) is 10.9. The lowest BCUT2D eigenvalue weighted by molar-refractivity contribution is 0.0981. The van der Waals surface area contributed by atoms with Crippen LogP contribution in [0.15, 0.2) is 0 Å². The molecule has 0 bridgehead atoms. The molecule has 2 aliphatic heterocycles. The summed E-state index contributed by atoms with van der Waals surface area (Å²) < 4.78 is 0. The van der Waals surface area contributed by atoms with Crippen LogP contribution in [-0.4, -0.2) is 61.2 Å². The first-order valence-electron chi connectivity index (χ1n) is 6.95. The average Bonchev–Trinajstić information content (AvgIpc) is 2.31. The summed E-state index contributed by atoms with van der Waals surface area (Å²) >= 11 is 0. The van der Waals surface area contributed by atoms with Gasteiger partial charge in [-0.05, 0) is 33.2 Å². The Balaban J connectivity index is 1.68. The van der Waals surface area contributed by atoms with Gasteiger partial charge in [0.1, 0.15) is 0 Å². The van der Waals surface area contributed by atoms with Crippen LogP contribution in [0, 0.1) is 0 Å². The number of piperidine rings is 1. The topological polar surface area (TPSA) is 18.5 Å². The lowest BCUT2D eigenvalue weighted by atomic mass is 10.0. The van der Waals surface area contributed by atoms with E-state index in [2.05, 4.69) is 29.0 Å². The van der Waals surface area contributed by atoms with E-state index in [1.807, 2.05) is 0 Å². The second-order valence-electron chi connectivity index (χ2n) is 5.58. The predicted molar refractivity (Wildman–Crippen MR) is 68.8 cm³/mol. The van der Waals surface area contributed by atoms with Crippen LogP contribution in [-0.2, 0) is 0 Å². The maximum Gasteiger partial charge on any atom is 0.0195 e. The quantitative estimate of drug-likeness (QED) is 0.777. The van der Waals surface area contributed by atoms with Crippen molar-refractivity contribution < 1.29 is 0 Å². The highest BCUT2D eigenvalue weighted by molar-refractivity contribution is 4.80. The van der Waals surface area contributed by atoms with Crippen LogP contribution in [0.5, 0.6) is 0 Å². The number of hydrogen-bond acceptors (Lipinski definition) is 3. The van der Waals surface area contributed by atoms with Gasteiger partial charge < -0.3 is 5.32 Å². The minimum atomic E-state index is 0.718. The van der Waals surface area contributed by atoms with E-state index in [0.717, 1.165) is 12.1 Å². The lowest BCUT2D eigenvalue weighted by Gasteiger charge is -2.39. The third-order valence-electron chi connectivity index (χ3n) is 4.03. The highest BCUT2D eigenvalue weighted by Crippen LogP contribution is 2.11. The smallest absolute Gasteiger partial charge is 0.0195 e. The molecule has 2 heterocycles. The molecule has 0 aliphatic carbocycles. The largest absolute Gasteiger partial charge is 0.313 e. The van der Waals surface area contributed by atoms with Gasteiger partial charge in [-0.25, -0.2) is 0 Å². The maximum absolute atomic E-state index is 3.65. The maximum atomic E-state index is 3.65. The van der Waals surface area contributed by atoms with Gasteiger partial charge >= 0.3 is 0 Å². The van der Waals surface area contributed by atoms with Gasteiger partial charge in [-0.15, -0.1) is 0 Å². The van der Waals surface area contributed by atoms with E-state index in [1.54, 1.807) is 0 Å². The summed E-state index contributed by atoms with van der Waals surface area (Å²) in [6.07, 6.45) is 4.17. The monoisotopic (exact) mass is 225 g/mol. The first-order valence-corrected chi connectivity index (χ1v) is 6.95. The Hall–Kier alpha value is -0.120. The Morgan fingerprint density at radius 3 is 2.44 bits per heavy atom. The molecular formula is C13H27N3. The summed E-state index contributed by atoms with van der Waals surface area (Å²) in [6.45, 7) is 12.1. The first kappa shape index (κ1) is 12.3. The van der Waals surface area contributed by atoms with Gasteiger partial charge in [0, 0.05) is 44.8 Å². The molecule has 2 fully saturated rings. The summed E-state index contributed by atoms with van der Waals surface area (Å²) in [6, 6.07) is 1.48. The highest BCUT2D eigenvalue weighted by atomic mass is 15.3. The molecule has 0 unspecified atom stereocenters. The van der Waals surface area contributed by atoms with Crippen LogP contribution >= 0.6 is 0 Å². The van der Waals surface area contributed by atoms with Crippen molar-refractivity contribution in [1.29, 1.82) is 0 Å². The Morgan fingerprint density at radius 1 is 1.12 bits per heavy atom. The Morgan fingerprint density at radius 2 is 1.88 bits per heavy atom. The molecular weight excluding hydrogens is 198 g/mol. The van der Waals surface area contributed by atoms with Gasteiger partial charge in [0.05, 0.1) is 0 Å². The van der Waals surface area contributed by atoms with Crippen molar-refractivity contribution in [3.8, 4) is 0 Å². The summed E-state index contributed by atoms with van der Waals surface area (Å²) in [5, 5.41) is 3.65. The molecule has 0 radical (unpaired) electrons. The lowest BCUT2D eigenvalue weighted by Crippen LogP contribution is -2.52. The molecule has 0 aromatic heterocycles. The van der Waals surface area contributed by atoms with Crippen LogP contribution in [0.4, 0.5) is 0 Å². The Kier molecular flexibility index (Phi) is 4.62. The summed E-state index contributed by atoms with van der Waals surface area (Å²) in [4.78, 5) is 5.23. The molecule has 0 amide bonds. The second kappa shape index (κ2) is 5.99. The molecule has 1 atom stereocenters. The van der Waals surface area contributed by atoms with E-state index < -0.39 is 0 Å². The van der Waals surface area contributed by atoms with E-state index in [0.29, 0.717) is 0 Å². The fourth-order valence-electron chi connectivity index (χ4n) is 2.85. The molecule has 94 valence electrons. The summed E-state index contributed by atoms with van der Waals surface area (Å²) in [7, 11) is 0. The van der Waals surface area contributed by atoms with Crippen molar-refractivity contribution in [3.05, 3.63) is 0 Å². The van der Waals surface area contributed by atoms with E-state index in [-0.39, 0.29) is 0 Å². The third kappa shape index (κ3) is 3.44. The first-order chi connectivity index (χ1) is 7.75.